The molecular formula is C12H19N5S. The third kappa shape index (κ3) is 3.14. The van der Waals surface area contributed by atoms with Gasteiger partial charge in [-0.2, -0.15) is 0 Å². The summed E-state index contributed by atoms with van der Waals surface area (Å²) in [5.41, 5.74) is 1.39. The van der Waals surface area contributed by atoms with Gasteiger partial charge in [-0.1, -0.05) is 13.8 Å². The van der Waals surface area contributed by atoms with E-state index >= 15 is 0 Å². The minimum absolute atomic E-state index is 0.730. The van der Waals surface area contributed by atoms with Gasteiger partial charge in [0, 0.05) is 4.88 Å². The van der Waals surface area contributed by atoms with Crippen LogP contribution < -0.4 is 5.32 Å². The fourth-order valence-corrected chi connectivity index (χ4v) is 2.76. The van der Waals surface area contributed by atoms with E-state index in [1.54, 1.807) is 11.3 Å². The molecule has 0 atom stereocenters. The van der Waals surface area contributed by atoms with Gasteiger partial charge in [0.1, 0.15) is 0 Å². The lowest BCUT2D eigenvalue weighted by atomic mass is 10.2. The van der Waals surface area contributed by atoms with Crippen LogP contribution in [0.5, 0.6) is 0 Å². The van der Waals surface area contributed by atoms with Crippen LogP contribution in [-0.2, 0) is 19.5 Å². The maximum Gasteiger partial charge on any atom is 0.165 e. The van der Waals surface area contributed by atoms with Gasteiger partial charge in [-0.25, -0.2) is 4.68 Å². The second-order valence-corrected chi connectivity index (χ2v) is 5.15. The predicted octanol–water partition coefficient (Wildman–Crippen LogP) is 1.84. The van der Waals surface area contributed by atoms with Crippen LogP contribution in [-0.4, -0.2) is 26.8 Å². The number of nitrogens with one attached hydrogen (secondary N) is 1. The molecule has 0 unspecified atom stereocenters. The quantitative estimate of drug-likeness (QED) is 0.776. The molecule has 0 spiro atoms. The molecule has 2 aromatic rings. The van der Waals surface area contributed by atoms with E-state index in [2.05, 4.69) is 46.1 Å². The molecule has 0 saturated heterocycles. The summed E-state index contributed by atoms with van der Waals surface area (Å²) in [6, 6.07) is 2.18. The SMILES string of the molecule is CCCNCc1nnnn1Cc1sccc1CC. The topological polar surface area (TPSA) is 55.6 Å². The van der Waals surface area contributed by atoms with E-state index in [0.717, 1.165) is 38.3 Å². The third-order valence-electron chi connectivity index (χ3n) is 2.83. The Labute approximate surface area is 111 Å². The summed E-state index contributed by atoms with van der Waals surface area (Å²) in [4.78, 5) is 1.35. The van der Waals surface area contributed by atoms with E-state index in [4.69, 9.17) is 0 Å². The highest BCUT2D eigenvalue weighted by atomic mass is 32.1. The van der Waals surface area contributed by atoms with Gasteiger partial charge in [-0.3, -0.25) is 0 Å². The minimum Gasteiger partial charge on any atom is -0.310 e. The van der Waals surface area contributed by atoms with E-state index in [1.807, 2.05) is 4.68 Å². The maximum absolute atomic E-state index is 4.07. The number of aryl methyl sites for hydroxylation is 1. The van der Waals surface area contributed by atoms with Crippen molar-refractivity contribution in [2.24, 2.45) is 0 Å². The van der Waals surface area contributed by atoms with Gasteiger partial charge in [0.2, 0.25) is 0 Å². The van der Waals surface area contributed by atoms with E-state index in [1.165, 1.54) is 10.4 Å². The molecule has 2 rings (SSSR count). The number of hydrogen-bond acceptors (Lipinski definition) is 5. The van der Waals surface area contributed by atoms with Crippen LogP contribution in [0.15, 0.2) is 11.4 Å². The largest absolute Gasteiger partial charge is 0.310 e. The monoisotopic (exact) mass is 265 g/mol. The number of thiophene rings is 1. The lowest BCUT2D eigenvalue weighted by Gasteiger charge is -2.05. The summed E-state index contributed by atoms with van der Waals surface area (Å²) in [6.45, 7) is 6.82. The highest BCUT2D eigenvalue weighted by Crippen LogP contribution is 2.18. The molecule has 0 aromatic carbocycles. The highest BCUT2D eigenvalue weighted by Gasteiger charge is 2.09. The zero-order chi connectivity index (χ0) is 12.8. The van der Waals surface area contributed by atoms with Gasteiger partial charge >= 0.3 is 0 Å². The lowest BCUT2D eigenvalue weighted by Crippen LogP contribution is -2.18. The van der Waals surface area contributed by atoms with Crippen LogP contribution in [0.1, 0.15) is 36.5 Å². The van der Waals surface area contributed by atoms with Crippen LogP contribution in [0, 0.1) is 0 Å². The Balaban J connectivity index is 2.03. The van der Waals surface area contributed by atoms with E-state index in [0.29, 0.717) is 0 Å². The molecule has 0 radical (unpaired) electrons. The van der Waals surface area contributed by atoms with Gasteiger partial charge in [-0.15, -0.1) is 16.4 Å². The Morgan fingerprint density at radius 3 is 3.06 bits per heavy atom. The molecule has 6 heteroatoms. The molecule has 0 amide bonds. The maximum atomic E-state index is 4.07. The molecule has 2 aromatic heterocycles. The highest BCUT2D eigenvalue weighted by molar-refractivity contribution is 7.10. The Bertz CT molecular complexity index is 476. The van der Waals surface area contributed by atoms with Crippen molar-refractivity contribution >= 4 is 11.3 Å². The minimum atomic E-state index is 0.730. The number of nitrogens with zero attached hydrogens (tertiary/aromatic N) is 4. The molecule has 0 saturated carbocycles. The summed E-state index contributed by atoms with van der Waals surface area (Å²) < 4.78 is 1.88. The van der Waals surface area contributed by atoms with Crippen molar-refractivity contribution in [1.82, 2.24) is 25.5 Å². The number of rotatable bonds is 7. The van der Waals surface area contributed by atoms with Crippen LogP contribution in [0.25, 0.3) is 0 Å². The molecule has 2 heterocycles. The molecule has 98 valence electrons. The van der Waals surface area contributed by atoms with Crippen molar-refractivity contribution in [3.8, 4) is 0 Å². The first-order chi connectivity index (χ1) is 8.85. The van der Waals surface area contributed by atoms with Crippen molar-refractivity contribution in [3.63, 3.8) is 0 Å². The van der Waals surface area contributed by atoms with Crippen molar-refractivity contribution in [1.29, 1.82) is 0 Å². The Hall–Kier alpha value is -1.27. The van der Waals surface area contributed by atoms with E-state index < -0.39 is 0 Å². The van der Waals surface area contributed by atoms with Gasteiger partial charge in [-0.05, 0) is 46.8 Å². The second-order valence-electron chi connectivity index (χ2n) is 4.15. The summed E-state index contributed by atoms with van der Waals surface area (Å²) in [5, 5.41) is 17.4. The van der Waals surface area contributed by atoms with Crippen LogP contribution in [0.4, 0.5) is 0 Å². The van der Waals surface area contributed by atoms with E-state index in [9.17, 15) is 0 Å². The third-order valence-corrected chi connectivity index (χ3v) is 3.78. The second kappa shape index (κ2) is 6.61. The smallest absolute Gasteiger partial charge is 0.165 e. The van der Waals surface area contributed by atoms with Crippen LogP contribution >= 0.6 is 11.3 Å². The van der Waals surface area contributed by atoms with Gasteiger partial charge in [0.25, 0.3) is 0 Å². The van der Waals surface area contributed by atoms with Crippen molar-refractivity contribution < 1.29 is 0 Å². The molecule has 18 heavy (non-hydrogen) atoms. The fraction of sp³-hybridized carbons (Fsp3) is 0.583. The Morgan fingerprint density at radius 1 is 1.39 bits per heavy atom. The van der Waals surface area contributed by atoms with Crippen molar-refractivity contribution in [3.05, 3.63) is 27.7 Å². The first-order valence-electron chi connectivity index (χ1n) is 6.36. The van der Waals surface area contributed by atoms with Gasteiger partial charge in [0.15, 0.2) is 5.82 Å². The van der Waals surface area contributed by atoms with Gasteiger partial charge < -0.3 is 5.32 Å². The first kappa shape index (κ1) is 13.2. The number of tetrazole rings is 1. The molecule has 5 nitrogen and oxygen atoms in total. The summed E-state index contributed by atoms with van der Waals surface area (Å²) in [7, 11) is 0. The standard InChI is InChI=1S/C12H19N5S/c1-3-6-13-8-12-14-15-16-17(12)9-11-10(4-2)5-7-18-11/h5,7,13H,3-4,6,8-9H2,1-2H3. The van der Waals surface area contributed by atoms with Crippen molar-refractivity contribution in [2.45, 2.75) is 39.8 Å². The molecule has 0 aliphatic carbocycles. The van der Waals surface area contributed by atoms with E-state index in [-0.39, 0.29) is 0 Å². The number of aromatic nitrogens is 4. The summed E-state index contributed by atoms with van der Waals surface area (Å²) >= 11 is 1.77. The molecule has 0 bridgehead atoms. The summed E-state index contributed by atoms with van der Waals surface area (Å²) in [5.74, 6) is 0.902. The fourth-order valence-electron chi connectivity index (χ4n) is 1.81. The van der Waals surface area contributed by atoms with Crippen LogP contribution in [0.3, 0.4) is 0 Å². The zero-order valence-electron chi connectivity index (χ0n) is 10.9. The predicted molar refractivity (Wildman–Crippen MR) is 72.6 cm³/mol. The first-order valence-corrected chi connectivity index (χ1v) is 7.24. The summed E-state index contributed by atoms with van der Waals surface area (Å²) in [6.07, 6.45) is 2.18. The zero-order valence-corrected chi connectivity index (χ0v) is 11.7. The lowest BCUT2D eigenvalue weighted by molar-refractivity contribution is 0.579. The van der Waals surface area contributed by atoms with Crippen LogP contribution in [0.2, 0.25) is 0 Å². The van der Waals surface area contributed by atoms with Crippen molar-refractivity contribution in [2.75, 3.05) is 6.54 Å². The van der Waals surface area contributed by atoms with Gasteiger partial charge in [0.05, 0.1) is 13.1 Å². The number of hydrogen-bond donors (Lipinski definition) is 1. The molecule has 0 aliphatic heterocycles. The Morgan fingerprint density at radius 2 is 2.28 bits per heavy atom. The normalized spacial score (nSPS) is 11.0. The Kier molecular flexibility index (Phi) is 4.83. The molecule has 0 aliphatic rings. The molecular weight excluding hydrogens is 246 g/mol. The molecule has 1 N–H and O–H groups in total. The average Bonchev–Trinajstić information content (AvgIpc) is 3.00. The molecule has 0 fully saturated rings. The average molecular weight is 265 g/mol.